The van der Waals surface area contributed by atoms with Gasteiger partial charge in [0.1, 0.15) is 0 Å². The van der Waals surface area contributed by atoms with Crippen molar-refractivity contribution in [3.8, 4) is 0 Å². The van der Waals surface area contributed by atoms with Crippen molar-refractivity contribution in [1.82, 2.24) is 0 Å². The fraction of sp³-hybridized carbons (Fsp3) is 0.529. The number of halogens is 2. The third-order valence-corrected chi connectivity index (χ3v) is 6.85. The first kappa shape index (κ1) is 16.6. The summed E-state index contributed by atoms with van der Waals surface area (Å²) >= 11 is 12.0. The Kier molecular flexibility index (Phi) is 3.69. The van der Waals surface area contributed by atoms with Crippen molar-refractivity contribution in [3.63, 3.8) is 0 Å². The van der Waals surface area contributed by atoms with Crippen molar-refractivity contribution in [2.75, 3.05) is 5.32 Å². The van der Waals surface area contributed by atoms with Crippen LogP contribution in [0.5, 0.6) is 0 Å². The molecule has 0 spiro atoms. The van der Waals surface area contributed by atoms with E-state index in [-0.39, 0.29) is 16.7 Å². The molecule has 0 aromatic heterocycles. The third-order valence-electron chi connectivity index (χ3n) is 6.41. The van der Waals surface area contributed by atoms with Crippen LogP contribution in [0.2, 0.25) is 10.0 Å². The summed E-state index contributed by atoms with van der Waals surface area (Å²) in [5.74, 6) is -0.0665. The first-order valence-electron chi connectivity index (χ1n) is 7.65. The molecule has 2 aliphatic rings. The van der Waals surface area contributed by atoms with E-state index in [0.717, 1.165) is 12.8 Å². The topological polar surface area (TPSA) is 61.7 Å². The predicted molar refractivity (Wildman–Crippen MR) is 92.5 cm³/mol. The number of fused-ring (bicyclic) bond motifs is 2. The van der Waals surface area contributed by atoms with Gasteiger partial charge in [-0.25, -0.2) is 0 Å². The van der Waals surface area contributed by atoms with E-state index < -0.39 is 5.41 Å². The lowest BCUT2D eigenvalue weighted by Crippen LogP contribution is -2.43. The summed E-state index contributed by atoms with van der Waals surface area (Å²) in [6, 6.07) is 4.98. The number of anilines is 1. The average molecular weight is 355 g/mol. The van der Waals surface area contributed by atoms with Gasteiger partial charge in [0.05, 0.1) is 11.1 Å². The molecule has 2 saturated carbocycles. The molecular formula is C17H20Cl2N2O2. The number of hydrogen-bond donors (Lipinski definition) is 2. The minimum absolute atomic E-state index is 0.0665. The Morgan fingerprint density at radius 1 is 1.17 bits per heavy atom. The van der Waals surface area contributed by atoms with Crippen molar-refractivity contribution in [3.05, 3.63) is 28.2 Å². The van der Waals surface area contributed by atoms with Gasteiger partial charge in [-0.05, 0) is 36.5 Å². The van der Waals surface area contributed by atoms with Crippen LogP contribution in [0, 0.1) is 16.2 Å². The Balaban J connectivity index is 1.96. The van der Waals surface area contributed by atoms with Gasteiger partial charge in [-0.1, -0.05) is 49.1 Å². The van der Waals surface area contributed by atoms with Gasteiger partial charge in [0, 0.05) is 27.6 Å². The van der Waals surface area contributed by atoms with Crippen LogP contribution >= 0.6 is 23.2 Å². The number of nitrogens with zero attached hydrogens (tertiary/aromatic N) is 1. The van der Waals surface area contributed by atoms with Crippen molar-refractivity contribution < 1.29 is 10.0 Å². The molecule has 1 aromatic carbocycles. The quantitative estimate of drug-likeness (QED) is 0.581. The predicted octanol–water partition coefficient (Wildman–Crippen LogP) is 4.98. The van der Waals surface area contributed by atoms with Crippen molar-refractivity contribution in [1.29, 1.82) is 0 Å². The second-order valence-electron chi connectivity index (χ2n) is 7.37. The fourth-order valence-electron chi connectivity index (χ4n) is 4.41. The van der Waals surface area contributed by atoms with Gasteiger partial charge in [0.2, 0.25) is 5.91 Å². The minimum atomic E-state index is -0.585. The van der Waals surface area contributed by atoms with Gasteiger partial charge in [-0.15, -0.1) is 0 Å². The van der Waals surface area contributed by atoms with Gasteiger partial charge in [0.15, 0.2) is 0 Å². The summed E-state index contributed by atoms with van der Waals surface area (Å²) in [5, 5.41) is 16.8. The second kappa shape index (κ2) is 5.12. The molecule has 6 heteroatoms. The minimum Gasteiger partial charge on any atom is -0.411 e. The van der Waals surface area contributed by atoms with E-state index in [4.69, 9.17) is 23.2 Å². The molecule has 1 aromatic rings. The van der Waals surface area contributed by atoms with Crippen LogP contribution in [-0.4, -0.2) is 16.8 Å². The number of oxime groups is 1. The van der Waals surface area contributed by atoms with Gasteiger partial charge < -0.3 is 10.5 Å². The average Bonchev–Trinajstić information content (AvgIpc) is 2.75. The molecule has 2 aliphatic carbocycles. The molecule has 0 heterocycles. The van der Waals surface area contributed by atoms with Gasteiger partial charge in [-0.3, -0.25) is 4.79 Å². The highest BCUT2D eigenvalue weighted by Crippen LogP contribution is 2.71. The molecule has 2 N–H and O–H groups in total. The molecule has 3 rings (SSSR count). The Morgan fingerprint density at radius 2 is 1.78 bits per heavy atom. The molecule has 2 unspecified atom stereocenters. The monoisotopic (exact) mass is 354 g/mol. The molecule has 0 saturated heterocycles. The first-order valence-corrected chi connectivity index (χ1v) is 8.41. The second-order valence-corrected chi connectivity index (χ2v) is 8.25. The number of amides is 1. The number of benzene rings is 1. The molecule has 1 amide bonds. The zero-order chi connectivity index (χ0) is 17.0. The van der Waals surface area contributed by atoms with E-state index in [1.165, 1.54) is 0 Å². The molecule has 4 nitrogen and oxygen atoms in total. The number of hydrogen-bond acceptors (Lipinski definition) is 3. The number of carbonyl (C=O) groups is 1. The van der Waals surface area contributed by atoms with E-state index >= 15 is 0 Å². The summed E-state index contributed by atoms with van der Waals surface area (Å²) in [6.07, 6.45) is 2.09. The zero-order valence-corrected chi connectivity index (χ0v) is 14.9. The molecule has 0 radical (unpaired) electrons. The smallest absolute Gasteiger partial charge is 0.231 e. The van der Waals surface area contributed by atoms with E-state index in [2.05, 4.69) is 31.2 Å². The molecule has 2 fully saturated rings. The van der Waals surface area contributed by atoms with E-state index in [0.29, 0.717) is 27.9 Å². The summed E-state index contributed by atoms with van der Waals surface area (Å²) in [6.45, 7) is 6.26. The molecular weight excluding hydrogens is 335 g/mol. The van der Waals surface area contributed by atoms with E-state index in [9.17, 15) is 10.0 Å². The summed E-state index contributed by atoms with van der Waals surface area (Å²) in [5.41, 5.74) is 0.158. The normalized spacial score (nSPS) is 33.2. The summed E-state index contributed by atoms with van der Waals surface area (Å²) in [7, 11) is 0. The van der Waals surface area contributed by atoms with Crippen LogP contribution in [-0.2, 0) is 4.79 Å². The fourth-order valence-corrected chi connectivity index (χ4v) is 4.94. The Labute approximate surface area is 145 Å². The van der Waals surface area contributed by atoms with Crippen LogP contribution in [0.4, 0.5) is 5.69 Å². The molecule has 23 heavy (non-hydrogen) atoms. The molecule has 2 atom stereocenters. The van der Waals surface area contributed by atoms with E-state index in [1.807, 2.05) is 0 Å². The number of nitrogens with one attached hydrogen (secondary N) is 1. The van der Waals surface area contributed by atoms with Gasteiger partial charge >= 0.3 is 0 Å². The maximum absolute atomic E-state index is 13.1. The third kappa shape index (κ3) is 2.11. The summed E-state index contributed by atoms with van der Waals surface area (Å²) in [4.78, 5) is 13.1. The van der Waals surface area contributed by atoms with Gasteiger partial charge in [-0.2, -0.15) is 0 Å². The maximum Gasteiger partial charge on any atom is 0.231 e. The van der Waals surface area contributed by atoms with Crippen LogP contribution in [0.25, 0.3) is 0 Å². The molecule has 0 aliphatic heterocycles. The Hall–Kier alpha value is -1.26. The van der Waals surface area contributed by atoms with Gasteiger partial charge in [0.25, 0.3) is 0 Å². The highest BCUT2D eigenvalue weighted by molar-refractivity contribution is 6.35. The lowest BCUT2D eigenvalue weighted by molar-refractivity contribution is -0.130. The SMILES string of the molecule is CC12CCC(C(=O)Nc3cc(Cl)cc(Cl)c3)(CC1=NO)C2(C)C. The molecule has 2 bridgehead atoms. The van der Waals surface area contributed by atoms with Crippen molar-refractivity contribution in [2.24, 2.45) is 21.4 Å². The standard InChI is InChI=1S/C17H20Cl2N2O2/c1-15(2)16(3)4-5-17(15,9-13(16)21-23)14(22)20-12-7-10(18)6-11(19)8-12/h6-8,23H,4-5,9H2,1-3H3,(H,20,22). The lowest BCUT2D eigenvalue weighted by Gasteiger charge is -2.39. The largest absolute Gasteiger partial charge is 0.411 e. The van der Waals surface area contributed by atoms with Crippen LogP contribution in [0.3, 0.4) is 0 Å². The van der Waals surface area contributed by atoms with Crippen LogP contribution in [0.1, 0.15) is 40.0 Å². The highest BCUT2D eigenvalue weighted by Gasteiger charge is 2.71. The highest BCUT2D eigenvalue weighted by atomic mass is 35.5. The van der Waals surface area contributed by atoms with E-state index in [1.54, 1.807) is 18.2 Å². The Morgan fingerprint density at radius 3 is 2.30 bits per heavy atom. The van der Waals surface area contributed by atoms with Crippen LogP contribution in [0.15, 0.2) is 23.4 Å². The lowest BCUT2D eigenvalue weighted by atomic mass is 9.64. The van der Waals surface area contributed by atoms with Crippen molar-refractivity contribution in [2.45, 2.75) is 40.0 Å². The number of carbonyl (C=O) groups excluding carboxylic acids is 1. The maximum atomic E-state index is 13.1. The molecule has 124 valence electrons. The van der Waals surface area contributed by atoms with Crippen LogP contribution < -0.4 is 5.32 Å². The number of rotatable bonds is 2. The summed E-state index contributed by atoms with van der Waals surface area (Å²) < 4.78 is 0. The van der Waals surface area contributed by atoms with Crippen molar-refractivity contribution >= 4 is 40.5 Å². The Bertz CT molecular complexity index is 696. The first-order chi connectivity index (χ1) is 10.7. The zero-order valence-electron chi connectivity index (χ0n) is 13.4.